The van der Waals surface area contributed by atoms with E-state index in [1.807, 2.05) is 36.4 Å². The van der Waals surface area contributed by atoms with Gasteiger partial charge < -0.3 is 19.4 Å². The van der Waals surface area contributed by atoms with Gasteiger partial charge in [-0.1, -0.05) is 30.3 Å². The maximum Gasteiger partial charge on any atom is 0.410 e. The third kappa shape index (κ3) is 2.61. The Bertz CT molecular complexity index is 697. The molecule has 1 aromatic heterocycles. The van der Waals surface area contributed by atoms with Gasteiger partial charge in [0.2, 0.25) is 0 Å². The molecule has 0 bridgehead atoms. The fourth-order valence-corrected chi connectivity index (χ4v) is 3.58. The second-order valence-corrected chi connectivity index (χ2v) is 6.25. The molecule has 5 heteroatoms. The van der Waals surface area contributed by atoms with Crippen LogP contribution >= 0.6 is 0 Å². The number of nitrogens with zero attached hydrogens (tertiary/aromatic N) is 1. The highest BCUT2D eigenvalue weighted by molar-refractivity contribution is 5.68. The van der Waals surface area contributed by atoms with Gasteiger partial charge in [-0.05, 0) is 30.0 Å². The monoisotopic (exact) mass is 312 g/mol. The van der Waals surface area contributed by atoms with Crippen molar-refractivity contribution < 1.29 is 13.9 Å². The van der Waals surface area contributed by atoms with Crippen molar-refractivity contribution in [2.45, 2.75) is 25.0 Å². The quantitative estimate of drug-likeness (QED) is 0.926. The first kappa shape index (κ1) is 14.3. The molecular formula is C18H20N2O3. The normalized spacial score (nSPS) is 23.0. The van der Waals surface area contributed by atoms with E-state index < -0.39 is 0 Å². The number of carbonyl (C=O) groups is 1. The molecule has 0 aliphatic carbocycles. The number of likely N-dealkylation sites (tertiary alicyclic amines) is 1. The van der Waals surface area contributed by atoms with E-state index >= 15 is 0 Å². The van der Waals surface area contributed by atoms with Crippen molar-refractivity contribution in [3.05, 3.63) is 59.5 Å². The van der Waals surface area contributed by atoms with Crippen LogP contribution in [0, 0.1) is 0 Å². The molecular weight excluding hydrogens is 292 g/mol. The Hall–Kier alpha value is -2.27. The Morgan fingerprint density at radius 3 is 3.04 bits per heavy atom. The highest BCUT2D eigenvalue weighted by Gasteiger charge is 2.46. The van der Waals surface area contributed by atoms with Crippen molar-refractivity contribution in [2.75, 3.05) is 19.6 Å². The van der Waals surface area contributed by atoms with Crippen molar-refractivity contribution in [3.63, 3.8) is 0 Å². The van der Waals surface area contributed by atoms with Gasteiger partial charge in [0.15, 0.2) is 0 Å². The average molecular weight is 312 g/mol. The van der Waals surface area contributed by atoms with E-state index in [1.165, 1.54) is 5.56 Å². The Labute approximate surface area is 135 Å². The number of hydrogen-bond acceptors (Lipinski definition) is 4. The molecule has 1 unspecified atom stereocenters. The lowest BCUT2D eigenvalue weighted by Crippen LogP contribution is -2.49. The molecule has 1 spiro atoms. The summed E-state index contributed by atoms with van der Waals surface area (Å²) in [4.78, 5) is 14.1. The minimum atomic E-state index is -0.258. The molecule has 3 heterocycles. The molecule has 120 valence electrons. The Morgan fingerprint density at radius 2 is 2.17 bits per heavy atom. The summed E-state index contributed by atoms with van der Waals surface area (Å²) in [6, 6.07) is 11.8. The van der Waals surface area contributed by atoms with E-state index in [0.717, 1.165) is 30.7 Å². The van der Waals surface area contributed by atoms with Crippen molar-refractivity contribution in [1.82, 2.24) is 10.2 Å². The number of furan rings is 1. The highest BCUT2D eigenvalue weighted by atomic mass is 16.6. The maximum absolute atomic E-state index is 12.3. The van der Waals surface area contributed by atoms with Crippen molar-refractivity contribution >= 4 is 6.09 Å². The minimum absolute atomic E-state index is 0.247. The van der Waals surface area contributed by atoms with E-state index in [-0.39, 0.29) is 11.6 Å². The van der Waals surface area contributed by atoms with E-state index in [9.17, 15) is 4.79 Å². The molecule has 2 aliphatic heterocycles. The Kier molecular flexibility index (Phi) is 3.58. The summed E-state index contributed by atoms with van der Waals surface area (Å²) >= 11 is 0. The summed E-state index contributed by atoms with van der Waals surface area (Å²) in [5.74, 6) is 0.988. The zero-order chi connectivity index (χ0) is 15.7. The smallest absolute Gasteiger partial charge is 0.410 e. The molecule has 5 nitrogen and oxygen atoms in total. The number of fused-ring (bicyclic) bond motifs is 2. The predicted octanol–water partition coefficient (Wildman–Crippen LogP) is 2.66. The second-order valence-electron chi connectivity index (χ2n) is 6.25. The molecule has 1 atom stereocenters. The summed E-state index contributed by atoms with van der Waals surface area (Å²) in [6.07, 6.45) is 3.32. The fourth-order valence-electron chi connectivity index (χ4n) is 3.58. The maximum atomic E-state index is 12.3. The molecule has 1 N–H and O–H groups in total. The van der Waals surface area contributed by atoms with Gasteiger partial charge in [-0.15, -0.1) is 0 Å². The number of benzene rings is 1. The van der Waals surface area contributed by atoms with Gasteiger partial charge in [0, 0.05) is 19.6 Å². The van der Waals surface area contributed by atoms with Crippen LogP contribution in [0.1, 0.15) is 23.3 Å². The average Bonchev–Trinajstić information content (AvgIpc) is 3.22. The summed E-state index contributed by atoms with van der Waals surface area (Å²) < 4.78 is 11.2. The largest absolute Gasteiger partial charge is 0.467 e. The SMILES string of the molecule is O=C(OCc1ccccc1)N1CCC2(C1)NCCc1ccoc12. The van der Waals surface area contributed by atoms with Crippen LogP contribution < -0.4 is 5.32 Å². The van der Waals surface area contributed by atoms with E-state index in [2.05, 4.69) is 5.32 Å². The summed E-state index contributed by atoms with van der Waals surface area (Å²) in [5, 5.41) is 3.55. The molecule has 23 heavy (non-hydrogen) atoms. The molecule has 1 fully saturated rings. The van der Waals surface area contributed by atoms with Gasteiger partial charge in [0.05, 0.1) is 11.8 Å². The molecule has 2 aliphatic rings. The van der Waals surface area contributed by atoms with E-state index in [0.29, 0.717) is 19.7 Å². The second kappa shape index (κ2) is 5.74. The first-order valence-corrected chi connectivity index (χ1v) is 8.04. The summed E-state index contributed by atoms with van der Waals surface area (Å²) in [7, 11) is 0. The van der Waals surface area contributed by atoms with Crippen LogP contribution in [0.25, 0.3) is 0 Å². The summed E-state index contributed by atoms with van der Waals surface area (Å²) in [6.45, 7) is 2.50. The van der Waals surface area contributed by atoms with Crippen LogP contribution in [-0.2, 0) is 23.3 Å². The minimum Gasteiger partial charge on any atom is -0.467 e. The van der Waals surface area contributed by atoms with Crippen LogP contribution in [0.5, 0.6) is 0 Å². The molecule has 0 saturated carbocycles. The number of nitrogens with one attached hydrogen (secondary N) is 1. The molecule has 1 saturated heterocycles. The number of ether oxygens (including phenoxy) is 1. The van der Waals surface area contributed by atoms with Crippen LogP contribution in [0.2, 0.25) is 0 Å². The standard InChI is InChI=1S/C18H20N2O3/c21-17(23-12-14-4-2-1-3-5-14)20-10-8-18(13-20)16-15(6-9-19-18)7-11-22-16/h1-5,7,11,19H,6,8-10,12-13H2. The van der Waals surface area contributed by atoms with E-state index in [1.54, 1.807) is 11.2 Å². The highest BCUT2D eigenvalue weighted by Crippen LogP contribution is 2.37. The molecule has 1 amide bonds. The topological polar surface area (TPSA) is 54.7 Å². The van der Waals surface area contributed by atoms with Crippen molar-refractivity contribution in [1.29, 1.82) is 0 Å². The fraction of sp³-hybridized carbons (Fsp3) is 0.389. The number of carbonyl (C=O) groups excluding carboxylic acids is 1. The Balaban J connectivity index is 1.42. The molecule has 2 aromatic rings. The van der Waals surface area contributed by atoms with Gasteiger partial charge in [-0.25, -0.2) is 4.79 Å². The molecule has 4 rings (SSSR count). The number of amides is 1. The third-order valence-electron chi connectivity index (χ3n) is 4.77. The lowest BCUT2D eigenvalue weighted by Gasteiger charge is -2.33. The van der Waals surface area contributed by atoms with Gasteiger partial charge in [0.1, 0.15) is 12.4 Å². The Morgan fingerprint density at radius 1 is 1.30 bits per heavy atom. The van der Waals surface area contributed by atoms with Gasteiger partial charge in [-0.3, -0.25) is 0 Å². The zero-order valence-corrected chi connectivity index (χ0v) is 13.0. The third-order valence-corrected chi connectivity index (χ3v) is 4.77. The predicted molar refractivity (Wildman–Crippen MR) is 84.9 cm³/mol. The number of hydrogen-bond donors (Lipinski definition) is 1. The van der Waals surface area contributed by atoms with Gasteiger partial charge in [0.25, 0.3) is 0 Å². The van der Waals surface area contributed by atoms with E-state index in [4.69, 9.17) is 9.15 Å². The first-order valence-electron chi connectivity index (χ1n) is 8.04. The van der Waals surface area contributed by atoms with Crippen LogP contribution in [0.15, 0.2) is 47.1 Å². The zero-order valence-electron chi connectivity index (χ0n) is 13.0. The van der Waals surface area contributed by atoms with Crippen LogP contribution in [0.3, 0.4) is 0 Å². The van der Waals surface area contributed by atoms with Crippen molar-refractivity contribution in [3.8, 4) is 0 Å². The molecule has 0 radical (unpaired) electrons. The summed E-state index contributed by atoms with van der Waals surface area (Å²) in [5.41, 5.74) is 2.00. The van der Waals surface area contributed by atoms with Crippen LogP contribution in [0.4, 0.5) is 4.79 Å². The first-order chi connectivity index (χ1) is 11.3. The lowest BCUT2D eigenvalue weighted by molar-refractivity contribution is 0.0999. The van der Waals surface area contributed by atoms with Gasteiger partial charge >= 0.3 is 6.09 Å². The van der Waals surface area contributed by atoms with Gasteiger partial charge in [-0.2, -0.15) is 0 Å². The van der Waals surface area contributed by atoms with Crippen LogP contribution in [-0.4, -0.2) is 30.6 Å². The van der Waals surface area contributed by atoms with Crippen molar-refractivity contribution in [2.24, 2.45) is 0 Å². The number of rotatable bonds is 2. The molecule has 1 aromatic carbocycles. The lowest BCUT2D eigenvalue weighted by atomic mass is 9.88.